The van der Waals surface area contributed by atoms with Crippen LogP contribution in [0.1, 0.15) is 11.1 Å². The first-order valence-corrected chi connectivity index (χ1v) is 6.85. The first-order valence-electron chi connectivity index (χ1n) is 6.85. The van der Waals surface area contributed by atoms with Crippen molar-refractivity contribution in [1.29, 1.82) is 5.26 Å². The summed E-state index contributed by atoms with van der Waals surface area (Å²) in [5.74, 6) is -0.416. The number of hydrogen-bond acceptors (Lipinski definition) is 3. The third kappa shape index (κ3) is 1.75. The van der Waals surface area contributed by atoms with E-state index in [4.69, 9.17) is 4.42 Å². The highest BCUT2D eigenvalue weighted by Crippen LogP contribution is 2.20. The zero-order valence-corrected chi connectivity index (χ0v) is 11.6. The van der Waals surface area contributed by atoms with Gasteiger partial charge >= 0.3 is 5.76 Å². The molecule has 0 aliphatic rings. The summed E-state index contributed by atoms with van der Waals surface area (Å²) < 4.78 is 8.67. The van der Waals surface area contributed by atoms with Gasteiger partial charge in [0.1, 0.15) is 6.07 Å². The van der Waals surface area contributed by atoms with Crippen molar-refractivity contribution in [2.75, 3.05) is 0 Å². The molecule has 0 fully saturated rings. The van der Waals surface area contributed by atoms with Crippen LogP contribution < -0.4 is 5.76 Å². The van der Waals surface area contributed by atoms with Crippen LogP contribution in [0.2, 0.25) is 0 Å². The van der Waals surface area contributed by atoms with Gasteiger partial charge in [-0.25, -0.2) is 4.79 Å². The Hall–Kier alpha value is -3.26. The number of oxazole rings is 1. The van der Waals surface area contributed by atoms with Gasteiger partial charge in [0.05, 0.1) is 23.1 Å². The maximum absolute atomic E-state index is 12.1. The lowest BCUT2D eigenvalue weighted by Gasteiger charge is -2.00. The van der Waals surface area contributed by atoms with Gasteiger partial charge in [0.25, 0.3) is 0 Å². The molecule has 0 spiro atoms. The van der Waals surface area contributed by atoms with Crippen LogP contribution in [0.25, 0.3) is 16.6 Å². The number of para-hydroxylation sites is 2. The van der Waals surface area contributed by atoms with Crippen LogP contribution in [0.5, 0.6) is 0 Å². The van der Waals surface area contributed by atoms with Crippen molar-refractivity contribution in [2.24, 2.45) is 0 Å². The molecule has 106 valence electrons. The van der Waals surface area contributed by atoms with Gasteiger partial charge in [0, 0.05) is 18.0 Å². The average molecular weight is 289 g/mol. The Morgan fingerprint density at radius 2 is 1.86 bits per heavy atom. The van der Waals surface area contributed by atoms with Gasteiger partial charge < -0.3 is 8.82 Å². The predicted molar refractivity (Wildman–Crippen MR) is 81.7 cm³/mol. The van der Waals surface area contributed by atoms with E-state index >= 15 is 0 Å². The molecule has 0 saturated carbocycles. The summed E-state index contributed by atoms with van der Waals surface area (Å²) in [6, 6.07) is 15.2. The first kappa shape index (κ1) is 12.5. The zero-order chi connectivity index (χ0) is 15.1. The van der Waals surface area contributed by atoms with Crippen molar-refractivity contribution < 1.29 is 4.42 Å². The van der Waals surface area contributed by atoms with Gasteiger partial charge in [0.2, 0.25) is 0 Å². The molecule has 3 aromatic heterocycles. The summed E-state index contributed by atoms with van der Waals surface area (Å²) in [5, 5.41) is 9.44. The molecule has 5 nitrogen and oxygen atoms in total. The molecule has 5 heteroatoms. The molecular formula is C17H11N3O2. The second kappa shape index (κ2) is 4.64. The van der Waals surface area contributed by atoms with Crippen molar-refractivity contribution in [3.8, 4) is 6.07 Å². The Morgan fingerprint density at radius 3 is 2.73 bits per heavy atom. The minimum atomic E-state index is -0.416. The smallest absolute Gasteiger partial charge is 0.408 e. The zero-order valence-electron chi connectivity index (χ0n) is 11.6. The Bertz CT molecular complexity index is 1090. The Kier molecular flexibility index (Phi) is 2.63. The third-order valence-corrected chi connectivity index (χ3v) is 3.78. The fraction of sp³-hybridized carbons (Fsp3) is 0.0588. The largest absolute Gasteiger partial charge is 0.420 e. The van der Waals surface area contributed by atoms with Crippen LogP contribution in [0, 0.1) is 11.3 Å². The van der Waals surface area contributed by atoms with E-state index in [1.807, 2.05) is 53.2 Å². The molecule has 0 saturated heterocycles. The lowest BCUT2D eigenvalue weighted by molar-refractivity contribution is 0.517. The maximum Gasteiger partial charge on any atom is 0.420 e. The van der Waals surface area contributed by atoms with E-state index in [-0.39, 0.29) is 0 Å². The average Bonchev–Trinajstić information content (AvgIpc) is 3.05. The van der Waals surface area contributed by atoms with Crippen LogP contribution in [-0.4, -0.2) is 8.97 Å². The topological polar surface area (TPSA) is 63.3 Å². The highest BCUT2D eigenvalue weighted by atomic mass is 16.4. The molecule has 0 atom stereocenters. The Labute approximate surface area is 125 Å². The predicted octanol–water partition coefficient (Wildman–Crippen LogP) is 2.77. The van der Waals surface area contributed by atoms with E-state index in [2.05, 4.69) is 6.07 Å². The quantitative estimate of drug-likeness (QED) is 0.570. The SMILES string of the molecule is N#Cc1c(Cn2c(=O)oc3ccccc32)cn2ccccc12. The van der Waals surface area contributed by atoms with Crippen LogP contribution in [-0.2, 0) is 6.54 Å². The summed E-state index contributed by atoms with van der Waals surface area (Å²) in [5.41, 5.74) is 3.49. The summed E-state index contributed by atoms with van der Waals surface area (Å²) in [6.07, 6.45) is 3.76. The lowest BCUT2D eigenvalue weighted by atomic mass is 10.2. The number of aromatic nitrogens is 2. The molecule has 0 amide bonds. The fourth-order valence-corrected chi connectivity index (χ4v) is 2.76. The molecule has 0 N–H and O–H groups in total. The van der Waals surface area contributed by atoms with Gasteiger partial charge in [-0.05, 0) is 24.3 Å². The van der Waals surface area contributed by atoms with Crippen LogP contribution in [0.15, 0.2) is 64.1 Å². The van der Waals surface area contributed by atoms with Crippen molar-refractivity contribution in [2.45, 2.75) is 6.54 Å². The van der Waals surface area contributed by atoms with Crippen LogP contribution in [0.4, 0.5) is 0 Å². The standard InChI is InChI=1S/C17H11N3O2/c18-9-13-12(10-19-8-4-3-5-14(13)19)11-20-15-6-1-2-7-16(15)22-17(20)21/h1-8,10H,11H2. The number of nitrogens with zero attached hydrogens (tertiary/aromatic N) is 3. The van der Waals surface area contributed by atoms with E-state index in [9.17, 15) is 10.1 Å². The molecule has 1 aromatic carbocycles. The summed E-state index contributed by atoms with van der Waals surface area (Å²) in [4.78, 5) is 12.1. The minimum absolute atomic E-state index is 0.306. The molecule has 0 aliphatic carbocycles. The normalized spacial score (nSPS) is 11.0. The Morgan fingerprint density at radius 1 is 1.09 bits per heavy atom. The van der Waals surface area contributed by atoms with E-state index in [1.165, 1.54) is 0 Å². The van der Waals surface area contributed by atoms with E-state index in [0.29, 0.717) is 17.7 Å². The summed E-state index contributed by atoms with van der Waals surface area (Å²) in [6.45, 7) is 0.306. The fourth-order valence-electron chi connectivity index (χ4n) is 2.76. The minimum Gasteiger partial charge on any atom is -0.408 e. The molecule has 4 aromatic rings. The van der Waals surface area contributed by atoms with Gasteiger partial charge in [-0.1, -0.05) is 18.2 Å². The van der Waals surface area contributed by atoms with Crippen LogP contribution in [0.3, 0.4) is 0 Å². The first-order chi connectivity index (χ1) is 10.8. The number of fused-ring (bicyclic) bond motifs is 2. The second-order valence-corrected chi connectivity index (χ2v) is 5.06. The molecule has 3 heterocycles. The van der Waals surface area contributed by atoms with E-state index in [1.54, 1.807) is 10.6 Å². The molecule has 0 bridgehead atoms. The van der Waals surface area contributed by atoms with Gasteiger partial charge in [-0.15, -0.1) is 0 Å². The highest BCUT2D eigenvalue weighted by Gasteiger charge is 2.14. The van der Waals surface area contributed by atoms with Gasteiger partial charge in [0.15, 0.2) is 5.58 Å². The maximum atomic E-state index is 12.1. The summed E-state index contributed by atoms with van der Waals surface area (Å²) >= 11 is 0. The highest BCUT2D eigenvalue weighted by molar-refractivity contribution is 5.73. The number of hydrogen-bond donors (Lipinski definition) is 0. The van der Waals surface area contributed by atoms with Crippen LogP contribution >= 0.6 is 0 Å². The number of nitriles is 1. The molecule has 0 radical (unpaired) electrons. The molecular weight excluding hydrogens is 278 g/mol. The van der Waals surface area contributed by atoms with Crippen molar-refractivity contribution in [3.05, 3.63) is 76.5 Å². The second-order valence-electron chi connectivity index (χ2n) is 5.06. The van der Waals surface area contributed by atoms with Crippen molar-refractivity contribution in [1.82, 2.24) is 8.97 Å². The van der Waals surface area contributed by atoms with Gasteiger partial charge in [-0.3, -0.25) is 4.57 Å². The molecule has 22 heavy (non-hydrogen) atoms. The summed E-state index contributed by atoms with van der Waals surface area (Å²) in [7, 11) is 0. The Balaban J connectivity index is 1.92. The lowest BCUT2D eigenvalue weighted by Crippen LogP contribution is -2.15. The number of benzene rings is 1. The number of pyridine rings is 1. The number of rotatable bonds is 2. The van der Waals surface area contributed by atoms with Crippen molar-refractivity contribution >= 4 is 16.6 Å². The van der Waals surface area contributed by atoms with Crippen molar-refractivity contribution in [3.63, 3.8) is 0 Å². The van der Waals surface area contributed by atoms with E-state index < -0.39 is 5.76 Å². The molecule has 0 aliphatic heterocycles. The molecule has 0 unspecified atom stereocenters. The van der Waals surface area contributed by atoms with Gasteiger partial charge in [-0.2, -0.15) is 5.26 Å². The monoisotopic (exact) mass is 289 g/mol. The third-order valence-electron chi connectivity index (χ3n) is 3.78. The van der Waals surface area contributed by atoms with E-state index in [0.717, 1.165) is 16.6 Å². The molecule has 4 rings (SSSR count).